The number of carbonyl (C=O) groups is 1. The van der Waals surface area contributed by atoms with E-state index in [1.165, 1.54) is 32.1 Å². The molecule has 2 aliphatic heterocycles. The van der Waals surface area contributed by atoms with Crippen molar-refractivity contribution in [2.45, 2.75) is 50.7 Å². The Bertz CT molecular complexity index is 298. The lowest BCUT2D eigenvalue weighted by Crippen LogP contribution is -2.46. The van der Waals surface area contributed by atoms with Crippen molar-refractivity contribution < 1.29 is 9.53 Å². The van der Waals surface area contributed by atoms with Crippen molar-refractivity contribution >= 4 is 5.91 Å². The van der Waals surface area contributed by atoms with Crippen LogP contribution in [0.3, 0.4) is 0 Å². The van der Waals surface area contributed by atoms with Gasteiger partial charge in [-0.2, -0.15) is 0 Å². The van der Waals surface area contributed by atoms with Gasteiger partial charge in [-0.25, -0.2) is 0 Å². The molecule has 0 bridgehead atoms. The second-order valence-electron chi connectivity index (χ2n) is 5.89. The molecule has 3 rings (SSSR count). The van der Waals surface area contributed by atoms with Gasteiger partial charge in [-0.05, 0) is 44.4 Å². The summed E-state index contributed by atoms with van der Waals surface area (Å²) >= 11 is 0. The first-order valence-corrected chi connectivity index (χ1v) is 7.47. The lowest BCUT2D eigenvalue weighted by molar-refractivity contribution is -0.131. The number of rotatable bonds is 4. The van der Waals surface area contributed by atoms with E-state index in [2.05, 4.69) is 5.32 Å². The molecule has 0 aromatic carbocycles. The number of nitrogens with zero attached hydrogens (tertiary/aromatic N) is 1. The Morgan fingerprint density at radius 3 is 2.67 bits per heavy atom. The zero-order valence-electron chi connectivity index (χ0n) is 11.1. The first-order chi connectivity index (χ1) is 8.84. The second-order valence-corrected chi connectivity index (χ2v) is 5.89. The third-order valence-corrected chi connectivity index (χ3v) is 4.45. The summed E-state index contributed by atoms with van der Waals surface area (Å²) in [6, 6.07) is 0.409. The van der Waals surface area contributed by atoms with Crippen LogP contribution in [0.15, 0.2) is 0 Å². The summed E-state index contributed by atoms with van der Waals surface area (Å²) in [7, 11) is 0. The first-order valence-electron chi connectivity index (χ1n) is 7.47. The zero-order valence-corrected chi connectivity index (χ0v) is 11.1. The normalized spacial score (nSPS) is 32.8. The average Bonchev–Trinajstić information content (AvgIpc) is 3.16. The van der Waals surface area contributed by atoms with E-state index in [0.717, 1.165) is 32.0 Å². The molecule has 0 spiro atoms. The predicted molar refractivity (Wildman–Crippen MR) is 69.3 cm³/mol. The van der Waals surface area contributed by atoms with Gasteiger partial charge in [0.05, 0.1) is 12.6 Å². The van der Waals surface area contributed by atoms with Gasteiger partial charge in [0, 0.05) is 25.7 Å². The van der Waals surface area contributed by atoms with E-state index in [-0.39, 0.29) is 5.91 Å². The number of carbonyl (C=O) groups excluding carboxylic acids is 1. The van der Waals surface area contributed by atoms with Crippen molar-refractivity contribution in [3.8, 4) is 0 Å². The van der Waals surface area contributed by atoms with E-state index in [9.17, 15) is 4.79 Å². The maximum Gasteiger partial charge on any atom is 0.236 e. The summed E-state index contributed by atoms with van der Waals surface area (Å²) in [5.74, 6) is 1.03. The Kier molecular flexibility index (Phi) is 3.85. The summed E-state index contributed by atoms with van der Waals surface area (Å²) < 4.78 is 5.78. The number of piperidine rings is 1. The Hall–Kier alpha value is -0.610. The number of hydrogen-bond donors (Lipinski definition) is 1. The zero-order chi connectivity index (χ0) is 12.4. The van der Waals surface area contributed by atoms with Gasteiger partial charge in [0.15, 0.2) is 0 Å². The largest absolute Gasteiger partial charge is 0.376 e. The van der Waals surface area contributed by atoms with E-state index < -0.39 is 0 Å². The highest BCUT2D eigenvalue weighted by atomic mass is 16.5. The Balaban J connectivity index is 1.43. The highest BCUT2D eigenvalue weighted by Crippen LogP contribution is 2.38. The monoisotopic (exact) mass is 252 g/mol. The maximum atomic E-state index is 12.1. The van der Waals surface area contributed by atoms with Crippen LogP contribution in [0.25, 0.3) is 0 Å². The fourth-order valence-electron chi connectivity index (χ4n) is 3.19. The minimum absolute atomic E-state index is 0.274. The molecular formula is C14H24N2O2. The van der Waals surface area contributed by atoms with Crippen LogP contribution in [-0.2, 0) is 9.53 Å². The van der Waals surface area contributed by atoms with Crippen LogP contribution in [-0.4, -0.2) is 49.2 Å². The van der Waals surface area contributed by atoms with Gasteiger partial charge in [0.2, 0.25) is 5.91 Å². The summed E-state index contributed by atoms with van der Waals surface area (Å²) in [5.41, 5.74) is 0. The van der Waals surface area contributed by atoms with Crippen LogP contribution < -0.4 is 5.32 Å². The highest BCUT2D eigenvalue weighted by Gasteiger charge is 2.40. The van der Waals surface area contributed by atoms with E-state index in [1.54, 1.807) is 0 Å². The fourth-order valence-corrected chi connectivity index (χ4v) is 3.19. The number of hydrogen-bond acceptors (Lipinski definition) is 3. The maximum absolute atomic E-state index is 12.1. The minimum atomic E-state index is 0.274. The van der Waals surface area contributed by atoms with Gasteiger partial charge in [0.1, 0.15) is 0 Å². The van der Waals surface area contributed by atoms with E-state index in [1.807, 2.05) is 4.90 Å². The molecular weight excluding hydrogens is 228 g/mol. The topological polar surface area (TPSA) is 41.6 Å². The Morgan fingerprint density at radius 1 is 1.17 bits per heavy atom. The molecule has 4 heteroatoms. The van der Waals surface area contributed by atoms with E-state index >= 15 is 0 Å². The summed E-state index contributed by atoms with van der Waals surface area (Å²) in [5, 5.41) is 3.43. The van der Waals surface area contributed by atoms with Crippen LogP contribution >= 0.6 is 0 Å². The number of amides is 1. The molecule has 1 saturated carbocycles. The molecule has 18 heavy (non-hydrogen) atoms. The van der Waals surface area contributed by atoms with Gasteiger partial charge in [-0.15, -0.1) is 0 Å². The molecule has 4 nitrogen and oxygen atoms in total. The third kappa shape index (κ3) is 2.86. The first kappa shape index (κ1) is 12.4. The van der Waals surface area contributed by atoms with Crippen LogP contribution in [0.4, 0.5) is 0 Å². The number of ether oxygens (including phenoxy) is 1. The lowest BCUT2D eigenvalue weighted by Gasteiger charge is -2.28. The standard InChI is InChI=1S/C14H24N2O2/c17-13(16-7-2-1-3-8-16)10-15-12-6-9-18-14(12)11-4-5-11/h11-12,14-15H,1-10H2. The van der Waals surface area contributed by atoms with E-state index in [4.69, 9.17) is 4.74 Å². The average molecular weight is 252 g/mol. The van der Waals surface area contributed by atoms with Crippen molar-refractivity contribution in [2.75, 3.05) is 26.2 Å². The molecule has 2 atom stereocenters. The Labute approximate surface area is 109 Å². The van der Waals surface area contributed by atoms with Gasteiger partial charge in [0.25, 0.3) is 0 Å². The molecule has 3 fully saturated rings. The Morgan fingerprint density at radius 2 is 1.94 bits per heavy atom. The summed E-state index contributed by atoms with van der Waals surface area (Å²) in [6.07, 6.45) is 7.67. The molecule has 2 saturated heterocycles. The minimum Gasteiger partial charge on any atom is -0.376 e. The van der Waals surface area contributed by atoms with Gasteiger partial charge < -0.3 is 15.0 Å². The van der Waals surface area contributed by atoms with Crippen molar-refractivity contribution in [3.63, 3.8) is 0 Å². The van der Waals surface area contributed by atoms with Crippen molar-refractivity contribution in [3.05, 3.63) is 0 Å². The molecule has 1 amide bonds. The number of nitrogens with one attached hydrogen (secondary N) is 1. The molecule has 0 aromatic heterocycles. The SMILES string of the molecule is O=C(CNC1CCOC1C1CC1)N1CCCCC1. The molecule has 1 N–H and O–H groups in total. The molecule has 1 aliphatic carbocycles. The quantitative estimate of drug-likeness (QED) is 0.816. The van der Waals surface area contributed by atoms with Gasteiger partial charge >= 0.3 is 0 Å². The van der Waals surface area contributed by atoms with Crippen LogP contribution in [0.5, 0.6) is 0 Å². The molecule has 3 aliphatic rings. The van der Waals surface area contributed by atoms with Gasteiger partial charge in [-0.3, -0.25) is 4.79 Å². The highest BCUT2D eigenvalue weighted by molar-refractivity contribution is 5.78. The van der Waals surface area contributed by atoms with Crippen LogP contribution in [0, 0.1) is 5.92 Å². The molecule has 0 radical (unpaired) electrons. The number of likely N-dealkylation sites (tertiary alicyclic amines) is 1. The summed E-state index contributed by atoms with van der Waals surface area (Å²) in [6.45, 7) is 3.26. The molecule has 102 valence electrons. The second kappa shape index (κ2) is 5.57. The van der Waals surface area contributed by atoms with Crippen molar-refractivity contribution in [2.24, 2.45) is 5.92 Å². The van der Waals surface area contributed by atoms with Crippen molar-refractivity contribution in [1.82, 2.24) is 10.2 Å². The lowest BCUT2D eigenvalue weighted by atomic mass is 10.1. The van der Waals surface area contributed by atoms with E-state index in [0.29, 0.717) is 18.7 Å². The molecule has 2 unspecified atom stereocenters. The molecule has 0 aromatic rings. The van der Waals surface area contributed by atoms with Gasteiger partial charge in [-0.1, -0.05) is 0 Å². The van der Waals surface area contributed by atoms with Crippen LogP contribution in [0.2, 0.25) is 0 Å². The third-order valence-electron chi connectivity index (χ3n) is 4.45. The summed E-state index contributed by atoms with van der Waals surface area (Å²) in [4.78, 5) is 14.1. The fraction of sp³-hybridized carbons (Fsp3) is 0.929. The van der Waals surface area contributed by atoms with Crippen LogP contribution in [0.1, 0.15) is 38.5 Å². The van der Waals surface area contributed by atoms with Crippen molar-refractivity contribution in [1.29, 1.82) is 0 Å². The molecule has 2 heterocycles. The predicted octanol–water partition coefficient (Wildman–Crippen LogP) is 1.16. The smallest absolute Gasteiger partial charge is 0.236 e.